The number of allylic oxidation sites excluding steroid dienone is 15. The second-order valence-electron chi connectivity index (χ2n) is 16.2. The maximum Gasteiger partial charge on any atom is 0.306 e. The molecule has 0 aliphatic rings. The van der Waals surface area contributed by atoms with Crippen molar-refractivity contribution < 1.29 is 47.2 Å². The van der Waals surface area contributed by atoms with Crippen molar-refractivity contribution in [2.24, 2.45) is 0 Å². The van der Waals surface area contributed by atoms with E-state index in [1.807, 2.05) is 33.3 Å². The van der Waals surface area contributed by atoms with E-state index in [0.717, 1.165) is 64.2 Å². The van der Waals surface area contributed by atoms with E-state index in [1.54, 1.807) is 12.2 Å². The summed E-state index contributed by atoms with van der Waals surface area (Å²) in [5.41, 5.74) is 0. The summed E-state index contributed by atoms with van der Waals surface area (Å²) in [6, 6.07) is 0. The van der Waals surface area contributed by atoms with Crippen molar-refractivity contribution in [1.82, 2.24) is 0 Å². The molecule has 0 aliphatic carbocycles. The van der Waals surface area contributed by atoms with E-state index >= 15 is 0 Å². The van der Waals surface area contributed by atoms with Gasteiger partial charge in [0.25, 0.3) is 7.82 Å². The molecule has 0 saturated carbocycles. The molecule has 0 spiro atoms. The van der Waals surface area contributed by atoms with Crippen LogP contribution in [0.3, 0.4) is 0 Å². The van der Waals surface area contributed by atoms with E-state index in [4.69, 9.17) is 18.5 Å². The Bertz CT molecular complexity index is 1370. The monoisotopic (exact) mass is 874 g/mol. The van der Waals surface area contributed by atoms with Gasteiger partial charge >= 0.3 is 11.9 Å². The fraction of sp³-hybridized carbons (Fsp3) is 0.640. The van der Waals surface area contributed by atoms with Crippen LogP contribution in [0, 0.1) is 0 Å². The standard InChI is InChI=1S/C50H84NO9P/c1-6-8-10-12-14-16-18-20-22-24-26-28-30-32-34-36-38-40-49(53)57-45-48(46-59-61(55,56)58-44-43-51(3,4)5)60-50(54)42-41-47(52)39-37-35-33-31-29-27-25-23-21-19-17-15-13-11-9-7-2/h9,11,14-17,20-23,27,29,33,35,37,39,47-48,52H,6-8,10,12-13,18-19,24-26,28,30-32,34,36,38,40-46H2,1-5H3/b11-9-,16-14-,17-15-,22-20-,23-21-,29-27-,35-33-,39-37-/t47?,48-/m1/s1. The van der Waals surface area contributed by atoms with Gasteiger partial charge in [-0.15, -0.1) is 0 Å². The second-order valence-corrected chi connectivity index (χ2v) is 17.6. The molecule has 0 amide bonds. The summed E-state index contributed by atoms with van der Waals surface area (Å²) in [7, 11) is 1.00. The lowest BCUT2D eigenvalue weighted by molar-refractivity contribution is -0.870. The number of phosphoric ester groups is 1. The molecule has 10 nitrogen and oxygen atoms in total. The van der Waals surface area contributed by atoms with Gasteiger partial charge in [0, 0.05) is 12.8 Å². The summed E-state index contributed by atoms with van der Waals surface area (Å²) >= 11 is 0. The Morgan fingerprint density at radius 2 is 1.15 bits per heavy atom. The molecule has 0 aliphatic heterocycles. The van der Waals surface area contributed by atoms with Crippen molar-refractivity contribution in [3.63, 3.8) is 0 Å². The maximum absolute atomic E-state index is 12.7. The number of carbonyl (C=O) groups excluding carboxylic acids is 2. The molecule has 61 heavy (non-hydrogen) atoms. The average molecular weight is 874 g/mol. The van der Waals surface area contributed by atoms with Crippen LogP contribution in [-0.2, 0) is 32.7 Å². The minimum atomic E-state index is -4.70. The predicted octanol–water partition coefficient (Wildman–Crippen LogP) is 11.7. The first-order valence-corrected chi connectivity index (χ1v) is 24.5. The van der Waals surface area contributed by atoms with Crippen LogP contribution in [0.2, 0.25) is 0 Å². The molecule has 2 unspecified atom stereocenters. The van der Waals surface area contributed by atoms with Crippen molar-refractivity contribution >= 4 is 19.8 Å². The van der Waals surface area contributed by atoms with Crippen LogP contribution >= 0.6 is 7.82 Å². The van der Waals surface area contributed by atoms with Crippen LogP contribution in [0.4, 0.5) is 0 Å². The molecule has 0 aromatic heterocycles. The lowest BCUT2D eigenvalue weighted by Gasteiger charge is -2.28. The third-order valence-corrected chi connectivity index (χ3v) is 10.2. The molecule has 11 heteroatoms. The Balaban J connectivity index is 4.60. The average Bonchev–Trinajstić information content (AvgIpc) is 3.21. The number of aliphatic hydroxyl groups excluding tert-OH is 1. The minimum absolute atomic E-state index is 0.0799. The molecule has 0 heterocycles. The van der Waals surface area contributed by atoms with Gasteiger partial charge in [-0.05, 0) is 77.0 Å². The first kappa shape index (κ1) is 57.9. The molecule has 0 aromatic carbocycles. The Hall–Kier alpha value is -3.11. The van der Waals surface area contributed by atoms with Crippen LogP contribution in [0.5, 0.6) is 0 Å². The van der Waals surface area contributed by atoms with Gasteiger partial charge in [0.05, 0.1) is 33.9 Å². The zero-order valence-corrected chi connectivity index (χ0v) is 39.6. The van der Waals surface area contributed by atoms with Crippen molar-refractivity contribution in [2.45, 2.75) is 161 Å². The summed E-state index contributed by atoms with van der Waals surface area (Å²) in [6.45, 7) is 3.78. The maximum atomic E-state index is 12.7. The summed E-state index contributed by atoms with van der Waals surface area (Å²) in [5, 5.41) is 10.4. The number of hydrogen-bond donors (Lipinski definition) is 1. The topological polar surface area (TPSA) is 131 Å². The van der Waals surface area contributed by atoms with E-state index < -0.39 is 38.6 Å². The molecule has 0 aromatic rings. The first-order valence-electron chi connectivity index (χ1n) is 23.1. The fourth-order valence-corrected chi connectivity index (χ4v) is 6.29. The lowest BCUT2D eigenvalue weighted by atomic mass is 10.1. The minimum Gasteiger partial charge on any atom is -0.756 e. The molecule has 0 radical (unpaired) electrons. The number of nitrogens with zero attached hydrogens (tertiary/aromatic N) is 1. The highest BCUT2D eigenvalue weighted by Gasteiger charge is 2.22. The van der Waals surface area contributed by atoms with Gasteiger partial charge in [-0.3, -0.25) is 14.2 Å². The molecule has 0 bridgehead atoms. The molecular weight excluding hydrogens is 790 g/mol. The van der Waals surface area contributed by atoms with Crippen molar-refractivity contribution in [3.05, 3.63) is 97.2 Å². The molecule has 0 fully saturated rings. The summed E-state index contributed by atoms with van der Waals surface area (Å²) in [4.78, 5) is 37.6. The molecule has 1 N–H and O–H groups in total. The van der Waals surface area contributed by atoms with Gasteiger partial charge in [0.1, 0.15) is 19.8 Å². The molecule has 0 saturated heterocycles. The fourth-order valence-electron chi connectivity index (χ4n) is 5.56. The quantitative estimate of drug-likeness (QED) is 0.0160. The summed E-state index contributed by atoms with van der Waals surface area (Å²) < 4.78 is 33.7. The second kappa shape index (κ2) is 40.9. The van der Waals surface area contributed by atoms with E-state index in [0.29, 0.717) is 17.4 Å². The zero-order chi connectivity index (χ0) is 45.1. The highest BCUT2D eigenvalue weighted by Crippen LogP contribution is 2.38. The number of unbranched alkanes of at least 4 members (excludes halogenated alkanes) is 10. The van der Waals surface area contributed by atoms with Crippen molar-refractivity contribution in [3.8, 4) is 0 Å². The Morgan fingerprint density at radius 1 is 0.623 bits per heavy atom. The number of hydrogen-bond acceptors (Lipinski definition) is 9. The molecule has 0 rings (SSSR count). The number of esters is 2. The van der Waals surface area contributed by atoms with Crippen molar-refractivity contribution in [1.29, 1.82) is 0 Å². The predicted molar refractivity (Wildman–Crippen MR) is 251 cm³/mol. The van der Waals surface area contributed by atoms with Crippen LogP contribution in [0.1, 0.15) is 149 Å². The van der Waals surface area contributed by atoms with Crippen molar-refractivity contribution in [2.75, 3.05) is 47.5 Å². The highest BCUT2D eigenvalue weighted by atomic mass is 31.2. The van der Waals surface area contributed by atoms with Crippen LogP contribution in [0.25, 0.3) is 0 Å². The van der Waals surface area contributed by atoms with Crippen LogP contribution in [0.15, 0.2) is 97.2 Å². The summed E-state index contributed by atoms with van der Waals surface area (Å²) in [5.74, 6) is -1.14. The van der Waals surface area contributed by atoms with Gasteiger partial charge in [-0.25, -0.2) is 0 Å². The van der Waals surface area contributed by atoms with E-state index in [-0.39, 0.29) is 32.5 Å². The number of ether oxygens (including phenoxy) is 2. The Kier molecular flexibility index (Phi) is 38.8. The molecular formula is C50H84NO9P. The van der Waals surface area contributed by atoms with Crippen LogP contribution in [-0.4, -0.2) is 81.2 Å². The van der Waals surface area contributed by atoms with Crippen LogP contribution < -0.4 is 4.89 Å². The van der Waals surface area contributed by atoms with Gasteiger partial charge < -0.3 is 33.0 Å². The number of aliphatic hydroxyl groups is 1. The smallest absolute Gasteiger partial charge is 0.306 e. The van der Waals surface area contributed by atoms with E-state index in [2.05, 4.69) is 86.8 Å². The van der Waals surface area contributed by atoms with Gasteiger partial charge in [0.15, 0.2) is 6.10 Å². The Morgan fingerprint density at radius 3 is 1.72 bits per heavy atom. The third-order valence-electron chi connectivity index (χ3n) is 9.21. The number of carbonyl (C=O) groups is 2. The van der Waals surface area contributed by atoms with Gasteiger partial charge in [-0.1, -0.05) is 156 Å². The van der Waals surface area contributed by atoms with E-state index in [9.17, 15) is 24.2 Å². The number of phosphoric acid groups is 1. The number of likely N-dealkylation sites (N-methyl/N-ethyl adjacent to an activating group) is 1. The molecule has 348 valence electrons. The lowest BCUT2D eigenvalue weighted by Crippen LogP contribution is -2.37. The number of quaternary nitrogens is 1. The zero-order valence-electron chi connectivity index (χ0n) is 38.7. The largest absolute Gasteiger partial charge is 0.756 e. The Labute approximate surface area is 371 Å². The highest BCUT2D eigenvalue weighted by molar-refractivity contribution is 7.45. The number of rotatable bonds is 40. The molecule has 3 atom stereocenters. The first-order chi connectivity index (χ1) is 29.4. The SMILES string of the molecule is CC/C=C\C/C=C\C/C=C\C/C=C\C/C=C\C=C/C(O)CCC(=O)O[C@H](COC(=O)CCCCCCCCC/C=C\C/C=C\CCCCC)COP(=O)([O-])OCC[N+](C)(C)C. The third kappa shape index (κ3) is 44.7. The van der Waals surface area contributed by atoms with E-state index in [1.165, 1.54) is 44.9 Å². The van der Waals surface area contributed by atoms with Gasteiger partial charge in [-0.2, -0.15) is 0 Å². The normalized spacial score (nSPS) is 14.9. The van der Waals surface area contributed by atoms with Gasteiger partial charge in [0.2, 0.25) is 0 Å². The summed E-state index contributed by atoms with van der Waals surface area (Å²) in [6.07, 6.45) is 50.5.